The fraction of sp³-hybridized carbons (Fsp3) is 0.577. The van der Waals surface area contributed by atoms with Crippen LogP contribution in [0.15, 0.2) is 30.5 Å². The molecule has 204 valence electrons. The van der Waals surface area contributed by atoms with Crippen molar-refractivity contribution >= 4 is 17.5 Å². The van der Waals surface area contributed by atoms with Gasteiger partial charge >= 0.3 is 0 Å². The van der Waals surface area contributed by atoms with Gasteiger partial charge in [-0.15, -0.1) is 10.2 Å². The van der Waals surface area contributed by atoms with Gasteiger partial charge in [-0.3, -0.25) is 4.90 Å². The van der Waals surface area contributed by atoms with Gasteiger partial charge in [0.15, 0.2) is 11.6 Å². The van der Waals surface area contributed by atoms with Crippen LogP contribution in [0.4, 0.5) is 21.8 Å². The Morgan fingerprint density at radius 3 is 2.63 bits per heavy atom. The number of hydrogen-bond donors (Lipinski definition) is 3. The average Bonchev–Trinajstić information content (AvgIpc) is 3.33. The zero-order valence-electron chi connectivity index (χ0n) is 22.5. The number of ether oxygens (including phenoxy) is 1. The molecule has 0 unspecified atom stereocenters. The van der Waals surface area contributed by atoms with Crippen molar-refractivity contribution < 1.29 is 9.13 Å². The quantitative estimate of drug-likeness (QED) is 0.406. The maximum Gasteiger partial charge on any atom is 0.229 e. The summed E-state index contributed by atoms with van der Waals surface area (Å²) in [5, 5.41) is 23.1. The van der Waals surface area contributed by atoms with Gasteiger partial charge in [-0.25, -0.2) is 9.37 Å². The molecule has 38 heavy (non-hydrogen) atoms. The molecule has 0 amide bonds. The molecule has 0 bridgehead atoms. The number of rotatable bonds is 8. The molecule has 0 atom stereocenters. The summed E-state index contributed by atoms with van der Waals surface area (Å²) in [6.45, 7) is 13.5. The second-order valence-electron chi connectivity index (χ2n) is 11.4. The van der Waals surface area contributed by atoms with Crippen molar-refractivity contribution in [2.24, 2.45) is 0 Å². The number of anilines is 3. The van der Waals surface area contributed by atoms with E-state index in [1.54, 1.807) is 4.80 Å². The largest absolute Gasteiger partial charge is 0.379 e. The molecule has 2 fully saturated rings. The fourth-order valence-electron chi connectivity index (χ4n) is 5.52. The third-order valence-corrected chi connectivity index (χ3v) is 6.82. The highest BCUT2D eigenvalue weighted by molar-refractivity contribution is 5.65. The molecule has 0 saturated carbocycles. The Labute approximate surface area is 222 Å². The molecular weight excluding hydrogens is 487 g/mol. The number of nitrogens with one attached hydrogen (secondary N) is 3. The maximum absolute atomic E-state index is 14.7. The Bertz CT molecular complexity index is 1220. The molecule has 5 rings (SSSR count). The SMILES string of the molecule is CC1(C)CC(Nc2nc(Nc3cccc(-c4nnn(CCN5CCOCC5)n4)c3)ncc2F)CC(C)(C)N1. The van der Waals surface area contributed by atoms with Gasteiger partial charge in [0.2, 0.25) is 11.8 Å². The van der Waals surface area contributed by atoms with Gasteiger partial charge in [0.1, 0.15) is 0 Å². The Balaban J connectivity index is 1.24. The number of halogens is 1. The topological polar surface area (TPSA) is 118 Å². The minimum Gasteiger partial charge on any atom is -0.379 e. The first kappa shape index (κ1) is 26.4. The number of piperidine rings is 1. The Kier molecular flexibility index (Phi) is 7.55. The summed E-state index contributed by atoms with van der Waals surface area (Å²) in [4.78, 5) is 12.5. The molecule has 2 aromatic heterocycles. The van der Waals surface area contributed by atoms with Gasteiger partial charge in [0, 0.05) is 48.0 Å². The Hall–Kier alpha value is -3.22. The van der Waals surface area contributed by atoms with E-state index in [-0.39, 0.29) is 22.9 Å². The number of aromatic nitrogens is 6. The summed E-state index contributed by atoms with van der Waals surface area (Å²) in [5.74, 6) is 0.563. The van der Waals surface area contributed by atoms with Gasteiger partial charge in [-0.05, 0) is 57.9 Å². The first-order valence-electron chi connectivity index (χ1n) is 13.2. The summed E-state index contributed by atoms with van der Waals surface area (Å²) in [7, 11) is 0. The van der Waals surface area contributed by atoms with E-state index in [9.17, 15) is 4.39 Å². The monoisotopic (exact) mass is 524 g/mol. The molecule has 2 aliphatic heterocycles. The van der Waals surface area contributed by atoms with Crippen LogP contribution in [-0.4, -0.2) is 85.0 Å². The highest BCUT2D eigenvalue weighted by atomic mass is 19.1. The van der Waals surface area contributed by atoms with Crippen molar-refractivity contribution in [2.75, 3.05) is 43.5 Å². The van der Waals surface area contributed by atoms with E-state index in [4.69, 9.17) is 4.74 Å². The normalized spacial score (nSPS) is 19.8. The zero-order chi connectivity index (χ0) is 26.8. The van der Waals surface area contributed by atoms with Gasteiger partial charge in [0.05, 0.1) is 26.0 Å². The number of nitrogens with zero attached hydrogens (tertiary/aromatic N) is 7. The van der Waals surface area contributed by atoms with Crippen molar-refractivity contribution in [1.29, 1.82) is 0 Å². The van der Waals surface area contributed by atoms with Crippen LogP contribution < -0.4 is 16.0 Å². The first-order valence-corrected chi connectivity index (χ1v) is 13.2. The number of morpholine rings is 1. The fourth-order valence-corrected chi connectivity index (χ4v) is 5.52. The predicted octanol–water partition coefficient (Wildman–Crippen LogP) is 3.07. The average molecular weight is 525 g/mol. The second kappa shape index (κ2) is 10.9. The van der Waals surface area contributed by atoms with E-state index in [1.165, 1.54) is 6.20 Å². The van der Waals surface area contributed by atoms with Gasteiger partial charge in [0.25, 0.3) is 0 Å². The summed E-state index contributed by atoms with van der Waals surface area (Å²) >= 11 is 0. The van der Waals surface area contributed by atoms with Crippen LogP contribution in [0.3, 0.4) is 0 Å². The van der Waals surface area contributed by atoms with Crippen molar-refractivity contribution in [3.05, 3.63) is 36.3 Å². The van der Waals surface area contributed by atoms with E-state index in [0.29, 0.717) is 18.3 Å². The van der Waals surface area contributed by atoms with Crippen molar-refractivity contribution in [2.45, 2.75) is 64.2 Å². The minimum atomic E-state index is -0.476. The highest BCUT2D eigenvalue weighted by Gasteiger charge is 2.38. The molecule has 2 saturated heterocycles. The summed E-state index contributed by atoms with van der Waals surface area (Å²) < 4.78 is 20.0. The third-order valence-electron chi connectivity index (χ3n) is 6.82. The Morgan fingerprint density at radius 2 is 1.87 bits per heavy atom. The van der Waals surface area contributed by atoms with E-state index >= 15 is 0 Å². The number of hydrogen-bond acceptors (Lipinski definition) is 10. The van der Waals surface area contributed by atoms with Crippen molar-refractivity contribution in [3.8, 4) is 11.4 Å². The van der Waals surface area contributed by atoms with Crippen molar-refractivity contribution in [3.63, 3.8) is 0 Å². The lowest BCUT2D eigenvalue weighted by Crippen LogP contribution is -2.60. The number of tetrazole rings is 1. The molecular formula is C26H37FN10O. The van der Waals surface area contributed by atoms with E-state index in [1.807, 2.05) is 24.3 Å². The third kappa shape index (κ3) is 6.80. The van der Waals surface area contributed by atoms with Gasteiger partial charge < -0.3 is 20.7 Å². The molecule has 3 aromatic rings. The minimum absolute atomic E-state index is 0.0666. The molecule has 0 spiro atoms. The van der Waals surface area contributed by atoms with Crippen LogP contribution in [0.5, 0.6) is 0 Å². The summed E-state index contributed by atoms with van der Waals surface area (Å²) in [6.07, 6.45) is 2.90. The standard InChI is InChI=1S/C26H37FN10O/c1-25(2)15-20(16-26(3,4)34-25)29-23-21(27)17-28-24(31-23)30-19-7-5-6-18(14-19)22-32-35-37(33-22)9-8-36-10-12-38-13-11-36/h5-7,14,17,20,34H,8-13,15-16H2,1-4H3,(H2,28,29,30,31). The maximum atomic E-state index is 14.7. The molecule has 1 aromatic carbocycles. The molecule has 4 heterocycles. The smallest absolute Gasteiger partial charge is 0.229 e. The molecule has 0 radical (unpaired) electrons. The van der Waals surface area contributed by atoms with Crippen LogP contribution in [0, 0.1) is 5.82 Å². The Morgan fingerprint density at radius 1 is 1.11 bits per heavy atom. The van der Waals surface area contributed by atoms with E-state index < -0.39 is 5.82 Å². The summed E-state index contributed by atoms with van der Waals surface area (Å²) in [5.41, 5.74) is 1.42. The van der Waals surface area contributed by atoms with Crippen LogP contribution in [0.25, 0.3) is 11.4 Å². The highest BCUT2D eigenvalue weighted by Crippen LogP contribution is 2.31. The lowest BCUT2D eigenvalue weighted by Gasteiger charge is -2.46. The second-order valence-corrected chi connectivity index (χ2v) is 11.4. The summed E-state index contributed by atoms with van der Waals surface area (Å²) in [6, 6.07) is 7.70. The van der Waals surface area contributed by atoms with Crippen LogP contribution >= 0.6 is 0 Å². The van der Waals surface area contributed by atoms with Crippen LogP contribution in [-0.2, 0) is 11.3 Å². The lowest BCUT2D eigenvalue weighted by molar-refractivity contribution is 0.0354. The van der Waals surface area contributed by atoms with Crippen LogP contribution in [0.1, 0.15) is 40.5 Å². The molecule has 0 aliphatic carbocycles. The van der Waals surface area contributed by atoms with E-state index in [0.717, 1.165) is 56.9 Å². The molecule has 11 nitrogen and oxygen atoms in total. The van der Waals surface area contributed by atoms with Crippen molar-refractivity contribution in [1.82, 2.24) is 40.4 Å². The predicted molar refractivity (Wildman–Crippen MR) is 144 cm³/mol. The van der Waals surface area contributed by atoms with E-state index in [2.05, 4.69) is 73.9 Å². The molecule has 12 heteroatoms. The van der Waals surface area contributed by atoms with Gasteiger partial charge in [-0.1, -0.05) is 12.1 Å². The lowest BCUT2D eigenvalue weighted by atomic mass is 9.79. The van der Waals surface area contributed by atoms with Gasteiger partial charge in [-0.2, -0.15) is 9.78 Å². The first-order chi connectivity index (χ1) is 18.1. The van der Waals surface area contributed by atoms with Crippen LogP contribution in [0.2, 0.25) is 0 Å². The molecule has 2 aliphatic rings. The zero-order valence-corrected chi connectivity index (χ0v) is 22.5. The molecule has 3 N–H and O–H groups in total. The number of benzene rings is 1.